The lowest BCUT2D eigenvalue weighted by Gasteiger charge is -2.24. The van der Waals surface area contributed by atoms with Crippen LogP contribution in [-0.2, 0) is 9.53 Å². The van der Waals surface area contributed by atoms with Gasteiger partial charge in [0, 0.05) is 0 Å². The molecule has 3 aromatic rings. The number of allylic oxidation sites excluding steroid dienone is 1. The summed E-state index contributed by atoms with van der Waals surface area (Å²) in [4.78, 5) is 31.9. The zero-order chi connectivity index (χ0) is 26.0. The van der Waals surface area contributed by atoms with Crippen molar-refractivity contribution >= 4 is 39.3 Å². The van der Waals surface area contributed by atoms with Gasteiger partial charge in [-0.25, -0.2) is 9.79 Å². The lowest BCUT2D eigenvalue weighted by Crippen LogP contribution is -2.39. The van der Waals surface area contributed by atoms with Gasteiger partial charge in [0.2, 0.25) is 0 Å². The molecule has 2 aromatic carbocycles. The van der Waals surface area contributed by atoms with E-state index in [-0.39, 0.29) is 12.2 Å². The van der Waals surface area contributed by atoms with E-state index in [4.69, 9.17) is 9.47 Å². The van der Waals surface area contributed by atoms with Gasteiger partial charge in [-0.2, -0.15) is 0 Å². The van der Waals surface area contributed by atoms with Crippen molar-refractivity contribution < 1.29 is 14.3 Å². The second-order valence-corrected chi connectivity index (χ2v) is 11.0. The molecule has 188 valence electrons. The number of fused-ring (bicyclic) bond motifs is 1. The minimum Gasteiger partial charge on any atom is -0.492 e. The van der Waals surface area contributed by atoms with Gasteiger partial charge in [0.1, 0.15) is 5.75 Å². The summed E-state index contributed by atoms with van der Waals surface area (Å²) in [6.07, 6.45) is 1.84. The monoisotopic (exact) mass is 568 g/mol. The first-order valence-corrected chi connectivity index (χ1v) is 13.5. The number of carbonyl (C=O) groups excluding carboxylic acids is 1. The standard InChI is InChI=1S/C28H29BrN2O4S/c1-6-34-27(33)24-18(5)30-28-31(25(24)20-10-7-17(4)8-11-20)26(32)23(36-28)14-19-9-12-22(21(29)13-19)35-15-16(2)3/h7-14,16,25H,6,15H2,1-5H3/b23-14-/t25-/m1/s1. The lowest BCUT2D eigenvalue weighted by molar-refractivity contribution is -0.139. The van der Waals surface area contributed by atoms with E-state index in [0.29, 0.717) is 33.1 Å². The Bertz CT molecular complexity index is 1500. The maximum atomic E-state index is 13.7. The van der Waals surface area contributed by atoms with Crippen LogP contribution in [0.2, 0.25) is 0 Å². The quantitative estimate of drug-likeness (QED) is 0.380. The average molecular weight is 570 g/mol. The van der Waals surface area contributed by atoms with Gasteiger partial charge in [-0.3, -0.25) is 9.36 Å². The summed E-state index contributed by atoms with van der Waals surface area (Å²) in [5, 5.41) is 0. The molecular formula is C28H29BrN2O4S. The maximum Gasteiger partial charge on any atom is 0.338 e. The minimum absolute atomic E-state index is 0.199. The fraction of sp³-hybridized carbons (Fsp3) is 0.321. The summed E-state index contributed by atoms with van der Waals surface area (Å²) in [6, 6.07) is 13.0. The van der Waals surface area contributed by atoms with Crippen molar-refractivity contribution in [1.82, 2.24) is 4.57 Å². The number of benzene rings is 2. The number of hydrogen-bond acceptors (Lipinski definition) is 6. The number of ether oxygens (including phenoxy) is 2. The Balaban J connectivity index is 1.83. The first-order valence-electron chi connectivity index (χ1n) is 11.9. The van der Waals surface area contributed by atoms with Crippen LogP contribution >= 0.6 is 27.3 Å². The molecule has 1 aliphatic heterocycles. The normalized spacial score (nSPS) is 15.6. The molecular weight excluding hydrogens is 540 g/mol. The molecule has 0 radical (unpaired) electrons. The first-order chi connectivity index (χ1) is 17.2. The fourth-order valence-electron chi connectivity index (χ4n) is 3.99. The second-order valence-electron chi connectivity index (χ2n) is 9.11. The number of nitrogens with zero attached hydrogens (tertiary/aromatic N) is 2. The van der Waals surface area contributed by atoms with E-state index in [1.807, 2.05) is 55.5 Å². The van der Waals surface area contributed by atoms with Crippen molar-refractivity contribution in [1.29, 1.82) is 0 Å². The zero-order valence-electron chi connectivity index (χ0n) is 21.0. The summed E-state index contributed by atoms with van der Waals surface area (Å²) >= 11 is 4.89. The molecule has 0 aliphatic carbocycles. The lowest BCUT2D eigenvalue weighted by atomic mass is 9.95. The van der Waals surface area contributed by atoms with E-state index >= 15 is 0 Å². The smallest absolute Gasteiger partial charge is 0.338 e. The number of esters is 1. The van der Waals surface area contributed by atoms with Gasteiger partial charge in [0.15, 0.2) is 4.80 Å². The summed E-state index contributed by atoms with van der Waals surface area (Å²) in [5.74, 6) is 0.721. The Labute approximate surface area is 222 Å². The van der Waals surface area contributed by atoms with E-state index in [1.54, 1.807) is 18.4 Å². The molecule has 2 heterocycles. The molecule has 0 saturated heterocycles. The molecule has 6 nitrogen and oxygen atoms in total. The SMILES string of the molecule is CCOC(=O)C1=C(C)N=c2s/c(=C\c3ccc(OCC(C)C)c(Br)c3)c(=O)n2[C@@H]1c1ccc(C)cc1. The molecule has 0 saturated carbocycles. The summed E-state index contributed by atoms with van der Waals surface area (Å²) in [6.45, 7) is 10.6. The molecule has 1 aliphatic rings. The fourth-order valence-corrected chi connectivity index (χ4v) is 5.54. The maximum absolute atomic E-state index is 13.7. The molecule has 0 amide bonds. The van der Waals surface area contributed by atoms with Crippen LogP contribution < -0.4 is 19.6 Å². The highest BCUT2D eigenvalue weighted by atomic mass is 79.9. The van der Waals surface area contributed by atoms with Crippen LogP contribution in [0.1, 0.15) is 50.4 Å². The minimum atomic E-state index is -0.610. The number of thiazole rings is 1. The Morgan fingerprint density at radius 2 is 1.92 bits per heavy atom. The molecule has 0 spiro atoms. The number of halogens is 1. The number of rotatable bonds is 7. The summed E-state index contributed by atoms with van der Waals surface area (Å²) in [7, 11) is 0. The van der Waals surface area contributed by atoms with Gasteiger partial charge < -0.3 is 9.47 Å². The Kier molecular flexibility index (Phi) is 7.95. The Morgan fingerprint density at radius 3 is 2.56 bits per heavy atom. The third kappa shape index (κ3) is 5.39. The Hall–Kier alpha value is -2.97. The van der Waals surface area contributed by atoms with Gasteiger partial charge >= 0.3 is 5.97 Å². The number of hydrogen-bond donors (Lipinski definition) is 0. The Morgan fingerprint density at radius 1 is 1.19 bits per heavy atom. The van der Waals surface area contributed by atoms with Crippen molar-refractivity contribution in [3.8, 4) is 5.75 Å². The third-order valence-electron chi connectivity index (χ3n) is 5.74. The van der Waals surface area contributed by atoms with Gasteiger partial charge in [0.05, 0.1) is 39.5 Å². The van der Waals surface area contributed by atoms with Crippen LogP contribution in [0.15, 0.2) is 68.0 Å². The largest absolute Gasteiger partial charge is 0.492 e. The van der Waals surface area contributed by atoms with Crippen molar-refractivity contribution in [3.63, 3.8) is 0 Å². The van der Waals surface area contributed by atoms with Crippen molar-refractivity contribution in [2.45, 2.75) is 40.7 Å². The molecule has 4 rings (SSSR count). The first kappa shape index (κ1) is 26.1. The van der Waals surface area contributed by atoms with E-state index in [9.17, 15) is 9.59 Å². The predicted octanol–water partition coefficient (Wildman–Crippen LogP) is 4.90. The molecule has 0 fully saturated rings. The van der Waals surface area contributed by atoms with Gasteiger partial charge in [-0.05, 0) is 72.0 Å². The van der Waals surface area contributed by atoms with E-state index in [2.05, 4.69) is 34.8 Å². The molecule has 36 heavy (non-hydrogen) atoms. The van der Waals surface area contributed by atoms with Crippen molar-refractivity contribution in [3.05, 3.63) is 94.6 Å². The summed E-state index contributed by atoms with van der Waals surface area (Å²) < 4.78 is 14.2. The highest BCUT2D eigenvalue weighted by Crippen LogP contribution is 2.31. The topological polar surface area (TPSA) is 69.9 Å². The molecule has 1 atom stereocenters. The molecule has 1 aromatic heterocycles. The highest BCUT2D eigenvalue weighted by molar-refractivity contribution is 9.10. The predicted molar refractivity (Wildman–Crippen MR) is 146 cm³/mol. The average Bonchev–Trinajstić information content (AvgIpc) is 3.12. The molecule has 0 unspecified atom stereocenters. The van der Waals surface area contributed by atoms with Crippen molar-refractivity contribution in [2.24, 2.45) is 10.9 Å². The number of aryl methyl sites for hydroxylation is 1. The molecule has 0 N–H and O–H groups in total. The number of aromatic nitrogens is 1. The van der Waals surface area contributed by atoms with E-state index in [0.717, 1.165) is 26.9 Å². The van der Waals surface area contributed by atoms with Gasteiger partial charge in [-0.15, -0.1) is 0 Å². The third-order valence-corrected chi connectivity index (χ3v) is 7.34. The van der Waals surface area contributed by atoms with Crippen LogP contribution in [0.3, 0.4) is 0 Å². The van der Waals surface area contributed by atoms with Gasteiger partial charge in [0.25, 0.3) is 5.56 Å². The van der Waals surface area contributed by atoms with E-state index in [1.165, 1.54) is 11.3 Å². The number of carbonyl (C=O) groups is 1. The van der Waals surface area contributed by atoms with E-state index < -0.39 is 12.0 Å². The highest BCUT2D eigenvalue weighted by Gasteiger charge is 2.33. The zero-order valence-corrected chi connectivity index (χ0v) is 23.4. The van der Waals surface area contributed by atoms with Crippen LogP contribution in [0.4, 0.5) is 0 Å². The molecule has 0 bridgehead atoms. The van der Waals surface area contributed by atoms with Crippen molar-refractivity contribution in [2.75, 3.05) is 13.2 Å². The van der Waals surface area contributed by atoms with Crippen LogP contribution in [0.25, 0.3) is 6.08 Å². The second kappa shape index (κ2) is 11.0. The molecule has 8 heteroatoms. The van der Waals surface area contributed by atoms with Gasteiger partial charge in [-0.1, -0.05) is 61.1 Å². The summed E-state index contributed by atoms with van der Waals surface area (Å²) in [5.41, 5.74) is 3.53. The van der Waals surface area contributed by atoms with Crippen LogP contribution in [0.5, 0.6) is 5.75 Å². The van der Waals surface area contributed by atoms with Crippen LogP contribution in [0, 0.1) is 12.8 Å². The van der Waals surface area contributed by atoms with Crippen LogP contribution in [-0.4, -0.2) is 23.8 Å².